The summed E-state index contributed by atoms with van der Waals surface area (Å²) in [5, 5.41) is 7.47. The largest absolute Gasteiger partial charge is 0.334 e. The van der Waals surface area contributed by atoms with Gasteiger partial charge in [-0.25, -0.2) is 0 Å². The van der Waals surface area contributed by atoms with Crippen LogP contribution < -0.4 is 5.32 Å². The Kier molecular flexibility index (Phi) is 4.63. The fraction of sp³-hybridized carbons (Fsp3) is 0. The molecule has 0 unspecified atom stereocenters. The molecule has 132 valence electrons. The Morgan fingerprint density at radius 3 is 2.41 bits per heavy atom. The smallest absolute Gasteiger partial charge is 0.258 e. The second kappa shape index (κ2) is 7.39. The Morgan fingerprint density at radius 2 is 1.70 bits per heavy atom. The van der Waals surface area contributed by atoms with Crippen molar-refractivity contribution in [3.63, 3.8) is 0 Å². The summed E-state index contributed by atoms with van der Waals surface area (Å²) in [5.41, 5.74) is 2.72. The van der Waals surface area contributed by atoms with E-state index in [-0.39, 0.29) is 5.91 Å². The predicted octanol–water partition coefficient (Wildman–Crippen LogP) is 4.70. The van der Waals surface area contributed by atoms with Crippen LogP contribution in [0.3, 0.4) is 0 Å². The highest BCUT2D eigenvalue weighted by atomic mass is 35.5. The van der Waals surface area contributed by atoms with Crippen LogP contribution in [0, 0.1) is 0 Å². The first-order valence-corrected chi connectivity index (χ1v) is 8.48. The zero-order chi connectivity index (χ0) is 18.6. The number of anilines is 1. The van der Waals surface area contributed by atoms with Crippen LogP contribution in [0.2, 0.25) is 5.02 Å². The third-order valence-corrected chi connectivity index (χ3v) is 4.09. The number of nitrogens with one attached hydrogen (secondary N) is 1. The van der Waals surface area contributed by atoms with Gasteiger partial charge < -0.3 is 9.84 Å². The van der Waals surface area contributed by atoms with Crippen molar-refractivity contribution in [3.05, 3.63) is 83.6 Å². The van der Waals surface area contributed by atoms with Gasteiger partial charge in [0.25, 0.3) is 11.8 Å². The minimum absolute atomic E-state index is 0.222. The first-order valence-electron chi connectivity index (χ1n) is 8.10. The van der Waals surface area contributed by atoms with Crippen LogP contribution in [0.4, 0.5) is 5.69 Å². The first-order chi connectivity index (χ1) is 13.2. The number of aromatic nitrogens is 3. The Balaban J connectivity index is 1.49. The van der Waals surface area contributed by atoms with E-state index in [1.807, 2.05) is 24.3 Å². The highest BCUT2D eigenvalue weighted by Crippen LogP contribution is 2.24. The number of carbonyl (C=O) groups excluding carboxylic acids is 1. The number of amides is 1. The van der Waals surface area contributed by atoms with Gasteiger partial charge in [0.1, 0.15) is 0 Å². The molecular weight excluding hydrogens is 364 g/mol. The van der Waals surface area contributed by atoms with Crippen molar-refractivity contribution in [3.8, 4) is 22.8 Å². The highest BCUT2D eigenvalue weighted by Gasteiger charge is 2.11. The standard InChI is InChI=1S/C20H13ClN4O2/c21-16-7-3-14(4-8-16)20-24-18(25-27-20)13-5-9-17(10-6-13)23-19(26)15-2-1-11-22-12-15/h1-12H,(H,23,26). The van der Waals surface area contributed by atoms with Crippen molar-refractivity contribution in [2.45, 2.75) is 0 Å². The molecule has 0 saturated heterocycles. The lowest BCUT2D eigenvalue weighted by Gasteiger charge is -2.05. The summed E-state index contributed by atoms with van der Waals surface area (Å²) in [5.74, 6) is 0.654. The maximum atomic E-state index is 12.2. The maximum absolute atomic E-state index is 12.2. The zero-order valence-corrected chi connectivity index (χ0v) is 14.7. The number of halogens is 1. The SMILES string of the molecule is O=C(Nc1ccc(-c2noc(-c3ccc(Cl)cc3)n2)cc1)c1cccnc1. The molecule has 2 heterocycles. The summed E-state index contributed by atoms with van der Waals surface area (Å²) >= 11 is 5.89. The summed E-state index contributed by atoms with van der Waals surface area (Å²) in [7, 11) is 0. The minimum atomic E-state index is -0.222. The number of pyridine rings is 1. The number of hydrogen-bond donors (Lipinski definition) is 1. The van der Waals surface area contributed by atoms with Gasteiger partial charge >= 0.3 is 0 Å². The lowest BCUT2D eigenvalue weighted by molar-refractivity contribution is 0.102. The van der Waals surface area contributed by atoms with E-state index in [2.05, 4.69) is 20.4 Å². The number of nitrogens with zero attached hydrogens (tertiary/aromatic N) is 3. The van der Waals surface area contributed by atoms with E-state index in [1.54, 1.807) is 42.6 Å². The summed E-state index contributed by atoms with van der Waals surface area (Å²) < 4.78 is 5.32. The van der Waals surface area contributed by atoms with Crippen molar-refractivity contribution in [2.75, 3.05) is 5.32 Å². The molecule has 27 heavy (non-hydrogen) atoms. The molecule has 4 aromatic rings. The number of benzene rings is 2. The average Bonchev–Trinajstić information content (AvgIpc) is 3.20. The number of rotatable bonds is 4. The van der Waals surface area contributed by atoms with E-state index >= 15 is 0 Å². The molecule has 1 N–H and O–H groups in total. The Hall–Kier alpha value is -3.51. The van der Waals surface area contributed by atoms with Crippen LogP contribution in [-0.4, -0.2) is 21.0 Å². The zero-order valence-electron chi connectivity index (χ0n) is 14.0. The summed E-state index contributed by atoms with van der Waals surface area (Å²) in [6, 6.07) is 17.8. The highest BCUT2D eigenvalue weighted by molar-refractivity contribution is 6.30. The molecule has 0 spiro atoms. The molecule has 4 rings (SSSR count). The number of carbonyl (C=O) groups is 1. The molecule has 0 bridgehead atoms. The van der Waals surface area contributed by atoms with Gasteiger partial charge in [0.15, 0.2) is 0 Å². The van der Waals surface area contributed by atoms with Gasteiger partial charge in [0.2, 0.25) is 5.82 Å². The minimum Gasteiger partial charge on any atom is -0.334 e. The van der Waals surface area contributed by atoms with Gasteiger partial charge in [0.05, 0.1) is 5.56 Å². The van der Waals surface area contributed by atoms with Crippen LogP contribution in [0.25, 0.3) is 22.8 Å². The van der Waals surface area contributed by atoms with E-state index in [4.69, 9.17) is 16.1 Å². The van der Waals surface area contributed by atoms with Gasteiger partial charge in [-0.05, 0) is 60.7 Å². The molecule has 0 radical (unpaired) electrons. The van der Waals surface area contributed by atoms with Gasteiger partial charge in [-0.1, -0.05) is 16.8 Å². The topological polar surface area (TPSA) is 80.9 Å². The molecule has 7 heteroatoms. The molecule has 0 aliphatic heterocycles. The third-order valence-electron chi connectivity index (χ3n) is 3.84. The van der Waals surface area contributed by atoms with Crippen LogP contribution >= 0.6 is 11.6 Å². The van der Waals surface area contributed by atoms with Crippen molar-refractivity contribution < 1.29 is 9.32 Å². The van der Waals surface area contributed by atoms with E-state index in [9.17, 15) is 4.79 Å². The van der Waals surface area contributed by atoms with Crippen molar-refractivity contribution in [1.82, 2.24) is 15.1 Å². The fourth-order valence-electron chi connectivity index (χ4n) is 2.45. The van der Waals surface area contributed by atoms with Crippen molar-refractivity contribution in [2.24, 2.45) is 0 Å². The lowest BCUT2D eigenvalue weighted by atomic mass is 10.2. The van der Waals surface area contributed by atoms with Gasteiger partial charge in [-0.2, -0.15) is 4.98 Å². The van der Waals surface area contributed by atoms with E-state index < -0.39 is 0 Å². The molecule has 0 aliphatic rings. The first kappa shape index (κ1) is 16.9. The quantitative estimate of drug-likeness (QED) is 0.558. The monoisotopic (exact) mass is 376 g/mol. The van der Waals surface area contributed by atoms with E-state index in [0.29, 0.717) is 28.0 Å². The Morgan fingerprint density at radius 1 is 0.963 bits per heavy atom. The molecule has 1 amide bonds. The summed E-state index contributed by atoms with van der Waals surface area (Å²) in [4.78, 5) is 20.5. The van der Waals surface area contributed by atoms with Gasteiger partial charge in [-0.15, -0.1) is 0 Å². The third kappa shape index (κ3) is 3.86. The molecule has 6 nitrogen and oxygen atoms in total. The summed E-state index contributed by atoms with van der Waals surface area (Å²) in [6.07, 6.45) is 3.14. The molecule has 0 fully saturated rings. The molecular formula is C20H13ClN4O2. The van der Waals surface area contributed by atoms with Crippen LogP contribution in [0.15, 0.2) is 77.6 Å². The second-order valence-corrected chi connectivity index (χ2v) is 6.14. The molecule has 2 aromatic carbocycles. The maximum Gasteiger partial charge on any atom is 0.258 e. The van der Waals surface area contributed by atoms with Gasteiger partial charge in [0, 0.05) is 34.2 Å². The molecule has 2 aromatic heterocycles. The van der Waals surface area contributed by atoms with Crippen LogP contribution in [0.5, 0.6) is 0 Å². The van der Waals surface area contributed by atoms with Crippen molar-refractivity contribution >= 4 is 23.2 Å². The fourth-order valence-corrected chi connectivity index (χ4v) is 2.58. The van der Waals surface area contributed by atoms with Gasteiger partial charge in [-0.3, -0.25) is 9.78 Å². The Bertz CT molecular complexity index is 1060. The van der Waals surface area contributed by atoms with E-state index in [0.717, 1.165) is 11.1 Å². The normalized spacial score (nSPS) is 10.6. The lowest BCUT2D eigenvalue weighted by Crippen LogP contribution is -2.11. The molecule has 0 saturated carbocycles. The predicted molar refractivity (Wildman–Crippen MR) is 102 cm³/mol. The second-order valence-electron chi connectivity index (χ2n) is 5.70. The summed E-state index contributed by atoms with van der Waals surface area (Å²) in [6.45, 7) is 0. The van der Waals surface area contributed by atoms with Crippen LogP contribution in [0.1, 0.15) is 10.4 Å². The molecule has 0 aliphatic carbocycles. The Labute approximate surface area is 159 Å². The van der Waals surface area contributed by atoms with E-state index in [1.165, 1.54) is 6.20 Å². The van der Waals surface area contributed by atoms with Crippen LogP contribution in [-0.2, 0) is 0 Å². The molecule has 0 atom stereocenters. The number of hydrogen-bond acceptors (Lipinski definition) is 5. The average molecular weight is 377 g/mol. The van der Waals surface area contributed by atoms with Crippen molar-refractivity contribution in [1.29, 1.82) is 0 Å².